The number of hydrogen-bond donors (Lipinski definition) is 3. The number of amides is 3. The molecule has 0 aliphatic carbocycles. The van der Waals surface area contributed by atoms with Gasteiger partial charge in [0.15, 0.2) is 0 Å². The van der Waals surface area contributed by atoms with Gasteiger partial charge in [0.25, 0.3) is 0 Å². The molecular formula is C96H138N6O3. The van der Waals surface area contributed by atoms with Gasteiger partial charge in [-0.2, -0.15) is 0 Å². The summed E-state index contributed by atoms with van der Waals surface area (Å²) in [6.07, 6.45) is 59.7. The number of unbranched alkanes of at least 4 members (excludes halogenated alkanes) is 42. The minimum absolute atomic E-state index is 0.0494. The monoisotopic (exact) mass is 1420 g/mol. The molecule has 0 fully saturated rings. The maximum absolute atomic E-state index is 13.5. The summed E-state index contributed by atoms with van der Waals surface area (Å²) in [7, 11) is 0. The van der Waals surface area contributed by atoms with E-state index in [1.807, 2.05) is 36.4 Å². The third-order valence-electron chi connectivity index (χ3n) is 21.0. The highest BCUT2D eigenvalue weighted by atomic mass is 16.2. The molecule has 9 nitrogen and oxygen atoms in total. The smallest absolute Gasteiger partial charge is 0.224 e. The van der Waals surface area contributed by atoms with E-state index in [9.17, 15) is 14.4 Å². The van der Waals surface area contributed by atoms with Crippen LogP contribution in [0.4, 0.5) is 68.2 Å². The van der Waals surface area contributed by atoms with Crippen molar-refractivity contribution in [2.24, 2.45) is 0 Å². The number of nitrogens with one attached hydrogen (secondary N) is 3. The Morgan fingerprint density at radius 3 is 0.543 bits per heavy atom. The second kappa shape index (κ2) is 54.0. The summed E-state index contributed by atoms with van der Waals surface area (Å²) in [5.41, 5.74) is 10.7. The van der Waals surface area contributed by atoms with Gasteiger partial charge < -0.3 is 30.7 Å². The number of hydrogen-bond acceptors (Lipinski definition) is 6. The van der Waals surface area contributed by atoms with Crippen LogP contribution in [0, 0.1) is 0 Å². The molecular weight excluding hydrogens is 1290 g/mol. The largest absolute Gasteiger partial charge is 0.326 e. The summed E-state index contributed by atoms with van der Waals surface area (Å²) in [6.45, 7) is 6.86. The fourth-order valence-corrected chi connectivity index (χ4v) is 14.8. The van der Waals surface area contributed by atoms with Gasteiger partial charge in [0.2, 0.25) is 17.7 Å². The lowest BCUT2D eigenvalue weighted by atomic mass is 10.0. The van der Waals surface area contributed by atoms with Crippen LogP contribution in [0.5, 0.6) is 0 Å². The highest BCUT2D eigenvalue weighted by Crippen LogP contribution is 2.46. The van der Waals surface area contributed by atoms with Gasteiger partial charge in [0.05, 0.1) is 17.1 Å². The van der Waals surface area contributed by atoms with Gasteiger partial charge in [-0.15, -0.1) is 0 Å². The molecule has 0 heterocycles. The van der Waals surface area contributed by atoms with Crippen molar-refractivity contribution in [3.63, 3.8) is 0 Å². The van der Waals surface area contributed by atoms with Crippen LogP contribution in [0.2, 0.25) is 0 Å². The van der Waals surface area contributed by atoms with E-state index < -0.39 is 0 Å². The Morgan fingerprint density at radius 1 is 0.200 bits per heavy atom. The quantitative estimate of drug-likeness (QED) is 0.0329. The highest BCUT2D eigenvalue weighted by Gasteiger charge is 2.23. The van der Waals surface area contributed by atoms with Crippen molar-refractivity contribution in [2.45, 2.75) is 329 Å². The first-order valence-electron chi connectivity index (χ1n) is 42.7. The van der Waals surface area contributed by atoms with Crippen molar-refractivity contribution in [2.75, 3.05) is 30.7 Å². The minimum atomic E-state index is 0.0494. The van der Waals surface area contributed by atoms with E-state index in [2.05, 4.69) is 197 Å². The molecule has 0 atom stereocenters. The van der Waals surface area contributed by atoms with Crippen molar-refractivity contribution in [3.8, 4) is 0 Å². The van der Waals surface area contributed by atoms with Crippen molar-refractivity contribution in [1.82, 2.24) is 0 Å². The van der Waals surface area contributed by atoms with E-state index in [0.29, 0.717) is 19.3 Å². The standard InChI is InChI=1S/C96H138N6O3/c1-4-7-10-13-16-19-22-25-28-31-34-37-40-43-55-64-94(103)97-82-67-73-88(74-68-82)100(85-58-49-46-50-59-85)91-79-92(101(86-60-51-47-52-61-86)89-75-69-83(70-76-89)98-95(104)65-56-44-41-38-35-32-29-26-23-20-17-14-11-8-5-2)81-93(80-91)102(87-62-53-48-54-63-87)90-77-71-84(72-78-90)99-96(105)66-57-45-42-39-36-33-30-27-24-21-18-15-12-9-6-3/h46-54,58-63,67-81H,4-45,55-57,64-66H2,1-3H3,(H,97,103)(H,98,104)(H,99,105). The number of anilines is 12. The van der Waals surface area contributed by atoms with Crippen LogP contribution in [-0.2, 0) is 14.4 Å². The molecule has 9 heteroatoms. The Morgan fingerprint density at radius 2 is 0.362 bits per heavy atom. The first-order chi connectivity index (χ1) is 51.8. The SMILES string of the molecule is CCCCCCCCCCCCCCCCCC(=O)Nc1ccc(N(c2ccccc2)c2cc(N(c3ccccc3)c3ccc(NC(=O)CCCCCCCCCCCCCCCCC)cc3)cc(N(c3ccccc3)c3ccc(NC(=O)CCCCCCCCCCCCCCCCC)cc3)c2)cc1. The van der Waals surface area contributed by atoms with Gasteiger partial charge in [0.1, 0.15) is 0 Å². The van der Waals surface area contributed by atoms with E-state index in [1.165, 1.54) is 250 Å². The molecule has 3 amide bonds. The number of benzene rings is 7. The topological polar surface area (TPSA) is 97.0 Å². The van der Waals surface area contributed by atoms with Gasteiger partial charge in [0, 0.05) is 70.4 Å². The van der Waals surface area contributed by atoms with Crippen molar-refractivity contribution in [3.05, 3.63) is 182 Å². The van der Waals surface area contributed by atoms with Gasteiger partial charge in [-0.05, 0) is 147 Å². The summed E-state index contributed by atoms with van der Waals surface area (Å²) in [4.78, 5) is 47.4. The van der Waals surface area contributed by atoms with E-state index >= 15 is 0 Å². The summed E-state index contributed by atoms with van der Waals surface area (Å²) in [5, 5.41) is 9.68. The Labute approximate surface area is 638 Å². The summed E-state index contributed by atoms with van der Waals surface area (Å²) in [6, 6.07) is 63.0. The Balaban J connectivity index is 1.06. The minimum Gasteiger partial charge on any atom is -0.326 e. The average Bonchev–Trinajstić information content (AvgIpc) is 0.767. The van der Waals surface area contributed by atoms with Crippen LogP contribution < -0.4 is 30.7 Å². The predicted octanol–water partition coefficient (Wildman–Crippen LogP) is 30.7. The molecule has 105 heavy (non-hydrogen) atoms. The van der Waals surface area contributed by atoms with Gasteiger partial charge in [-0.1, -0.05) is 345 Å². The molecule has 0 spiro atoms. The first-order valence-corrected chi connectivity index (χ1v) is 42.7. The van der Waals surface area contributed by atoms with Gasteiger partial charge in [-0.3, -0.25) is 14.4 Å². The van der Waals surface area contributed by atoms with Crippen LogP contribution in [0.1, 0.15) is 329 Å². The third kappa shape index (κ3) is 34.6. The number of carbonyl (C=O) groups excluding carboxylic acids is 3. The zero-order valence-corrected chi connectivity index (χ0v) is 65.8. The molecule has 0 aromatic heterocycles. The second-order valence-electron chi connectivity index (χ2n) is 30.1. The lowest BCUT2D eigenvalue weighted by Gasteiger charge is -2.33. The third-order valence-corrected chi connectivity index (χ3v) is 21.0. The molecule has 0 saturated carbocycles. The predicted molar refractivity (Wildman–Crippen MR) is 455 cm³/mol. The molecule has 0 unspecified atom stereocenters. The summed E-state index contributed by atoms with van der Waals surface area (Å²) in [5.74, 6) is 0.148. The van der Waals surface area contributed by atoms with Crippen LogP contribution in [0.15, 0.2) is 182 Å². The van der Waals surface area contributed by atoms with Crippen LogP contribution in [-0.4, -0.2) is 17.7 Å². The number of carbonyl (C=O) groups is 3. The molecule has 7 aromatic carbocycles. The van der Waals surface area contributed by atoms with Crippen LogP contribution in [0.3, 0.4) is 0 Å². The molecule has 0 aliphatic rings. The summed E-state index contributed by atoms with van der Waals surface area (Å²) < 4.78 is 0. The van der Waals surface area contributed by atoms with E-state index in [1.54, 1.807) is 0 Å². The fourth-order valence-electron chi connectivity index (χ4n) is 14.8. The summed E-state index contributed by atoms with van der Waals surface area (Å²) >= 11 is 0. The zero-order chi connectivity index (χ0) is 73.7. The van der Waals surface area contributed by atoms with Gasteiger partial charge >= 0.3 is 0 Å². The maximum atomic E-state index is 13.5. The first kappa shape index (κ1) is 84.6. The Hall–Kier alpha value is -7.65. The van der Waals surface area contributed by atoms with E-state index in [-0.39, 0.29) is 17.7 Å². The Kier molecular flexibility index (Phi) is 43.5. The fraction of sp³-hybridized carbons (Fsp3) is 0.531. The normalized spacial score (nSPS) is 11.2. The molecule has 7 aromatic rings. The maximum Gasteiger partial charge on any atom is 0.224 e. The van der Waals surface area contributed by atoms with Crippen molar-refractivity contribution >= 4 is 86.0 Å². The molecule has 570 valence electrons. The molecule has 0 bridgehead atoms. The van der Waals surface area contributed by atoms with E-state index in [4.69, 9.17) is 0 Å². The lowest BCUT2D eigenvalue weighted by molar-refractivity contribution is -0.117. The van der Waals surface area contributed by atoms with Crippen LogP contribution in [0.25, 0.3) is 0 Å². The molecule has 0 saturated heterocycles. The second-order valence-corrected chi connectivity index (χ2v) is 30.1. The van der Waals surface area contributed by atoms with Crippen molar-refractivity contribution < 1.29 is 14.4 Å². The average molecular weight is 1420 g/mol. The number of rotatable bonds is 60. The molecule has 3 N–H and O–H groups in total. The lowest BCUT2D eigenvalue weighted by Crippen LogP contribution is -2.17. The molecule has 0 radical (unpaired) electrons. The number of nitrogens with zero attached hydrogens (tertiary/aromatic N) is 3. The highest BCUT2D eigenvalue weighted by molar-refractivity contribution is 5.94. The van der Waals surface area contributed by atoms with Gasteiger partial charge in [-0.25, -0.2) is 0 Å². The number of para-hydroxylation sites is 3. The van der Waals surface area contributed by atoms with E-state index in [0.717, 1.165) is 107 Å². The molecule has 7 rings (SSSR count). The zero-order valence-electron chi connectivity index (χ0n) is 65.8. The van der Waals surface area contributed by atoms with Crippen LogP contribution >= 0.6 is 0 Å². The van der Waals surface area contributed by atoms with Crippen molar-refractivity contribution in [1.29, 1.82) is 0 Å². The molecule has 0 aliphatic heterocycles. The Bertz CT molecular complexity index is 2970.